The van der Waals surface area contributed by atoms with E-state index in [1.54, 1.807) is 13.0 Å². The van der Waals surface area contributed by atoms with Crippen LogP contribution in [0.3, 0.4) is 0 Å². The molecule has 3 aromatic rings. The van der Waals surface area contributed by atoms with Gasteiger partial charge in [0.25, 0.3) is 0 Å². The first-order valence-electron chi connectivity index (χ1n) is 8.15. The fraction of sp³-hybridized carbons (Fsp3) is 0.263. The second kappa shape index (κ2) is 5.65. The lowest BCUT2D eigenvalue weighted by Crippen LogP contribution is -2.16. The second-order valence-corrected chi connectivity index (χ2v) is 6.45. The average molecular weight is 341 g/mol. The molecule has 2 heterocycles. The molecule has 0 radical (unpaired) electrons. The summed E-state index contributed by atoms with van der Waals surface area (Å²) in [7, 11) is 0. The number of imidazole rings is 1. The molecule has 4 nitrogen and oxygen atoms in total. The first kappa shape index (κ1) is 15.7. The highest BCUT2D eigenvalue weighted by molar-refractivity contribution is 5.94. The van der Waals surface area contributed by atoms with Gasteiger partial charge in [0.15, 0.2) is 5.82 Å². The lowest BCUT2D eigenvalue weighted by atomic mass is 10.0. The summed E-state index contributed by atoms with van der Waals surface area (Å²) < 4.78 is 28.7. The van der Waals surface area contributed by atoms with Crippen molar-refractivity contribution in [1.82, 2.24) is 9.38 Å². The third-order valence-electron chi connectivity index (χ3n) is 4.73. The number of carbonyl (C=O) groups excluding carboxylic acids is 1. The van der Waals surface area contributed by atoms with Crippen molar-refractivity contribution >= 4 is 17.4 Å². The van der Waals surface area contributed by atoms with Gasteiger partial charge in [-0.1, -0.05) is 12.1 Å². The monoisotopic (exact) mass is 341 g/mol. The average Bonchev–Trinajstić information content (AvgIpc) is 3.25. The third kappa shape index (κ3) is 2.67. The van der Waals surface area contributed by atoms with Gasteiger partial charge in [-0.2, -0.15) is 0 Å². The number of hydrogen-bond acceptors (Lipinski definition) is 2. The van der Waals surface area contributed by atoms with Gasteiger partial charge in [-0.05, 0) is 55.2 Å². The predicted molar refractivity (Wildman–Crippen MR) is 91.7 cm³/mol. The number of aromatic nitrogens is 2. The van der Waals surface area contributed by atoms with Gasteiger partial charge >= 0.3 is 0 Å². The van der Waals surface area contributed by atoms with Gasteiger partial charge in [0.05, 0.1) is 11.6 Å². The first-order valence-corrected chi connectivity index (χ1v) is 8.15. The number of halogens is 2. The summed E-state index contributed by atoms with van der Waals surface area (Å²) in [4.78, 5) is 16.3. The maximum Gasteiger partial charge on any atom is 0.231 e. The molecule has 1 aromatic carbocycles. The van der Waals surface area contributed by atoms with Gasteiger partial charge in [-0.15, -0.1) is 0 Å². The molecule has 0 aliphatic heterocycles. The molecule has 2 aromatic heterocycles. The molecule has 0 saturated heterocycles. The van der Waals surface area contributed by atoms with Crippen molar-refractivity contribution in [2.45, 2.75) is 26.4 Å². The van der Waals surface area contributed by atoms with E-state index in [1.165, 1.54) is 6.07 Å². The Kier molecular flexibility index (Phi) is 3.56. The van der Waals surface area contributed by atoms with Crippen molar-refractivity contribution in [3.8, 4) is 11.1 Å². The van der Waals surface area contributed by atoms with Crippen molar-refractivity contribution in [1.29, 1.82) is 0 Å². The smallest absolute Gasteiger partial charge is 0.231 e. The Morgan fingerprint density at radius 3 is 2.76 bits per heavy atom. The SMILES string of the molecule is Cc1c(F)cccc1-c1ccc2nc(NC(=O)[C@@H]3C[C@@H]3F)c(C)n2c1. The molecule has 1 aliphatic carbocycles. The molecule has 0 bridgehead atoms. The summed E-state index contributed by atoms with van der Waals surface area (Å²) in [5.41, 5.74) is 3.65. The fourth-order valence-electron chi connectivity index (χ4n) is 3.00. The number of alkyl halides is 1. The maximum atomic E-state index is 13.8. The van der Waals surface area contributed by atoms with Gasteiger partial charge in [0, 0.05) is 6.20 Å². The van der Waals surface area contributed by atoms with E-state index in [4.69, 9.17) is 0 Å². The van der Waals surface area contributed by atoms with Crippen molar-refractivity contribution < 1.29 is 13.6 Å². The number of benzene rings is 1. The zero-order chi connectivity index (χ0) is 17.7. The molecule has 2 atom stereocenters. The number of carbonyl (C=O) groups is 1. The van der Waals surface area contributed by atoms with Gasteiger partial charge in [0.1, 0.15) is 17.6 Å². The molecule has 4 rings (SSSR count). The van der Waals surface area contributed by atoms with Crippen LogP contribution in [0.5, 0.6) is 0 Å². The molecular formula is C19H17F2N3O. The maximum absolute atomic E-state index is 13.8. The number of nitrogens with zero attached hydrogens (tertiary/aromatic N) is 2. The Labute approximate surface area is 143 Å². The Morgan fingerprint density at radius 2 is 2.04 bits per heavy atom. The molecule has 6 heteroatoms. The highest BCUT2D eigenvalue weighted by Gasteiger charge is 2.44. The standard InChI is InChI=1S/C19H17F2N3O/c1-10-13(4-3-5-15(10)20)12-6-7-17-22-18(11(2)24(17)9-12)23-19(25)14-8-16(14)21/h3-7,9,14,16H,8H2,1-2H3,(H,23,25)/t14-,16+/m1/s1. The number of aryl methyl sites for hydroxylation is 1. The van der Waals surface area contributed by atoms with Crippen LogP contribution >= 0.6 is 0 Å². The van der Waals surface area contributed by atoms with E-state index in [1.807, 2.05) is 35.7 Å². The van der Waals surface area contributed by atoms with Crippen LogP contribution in [-0.4, -0.2) is 21.5 Å². The van der Waals surface area contributed by atoms with E-state index < -0.39 is 12.1 Å². The lowest BCUT2D eigenvalue weighted by molar-refractivity contribution is -0.117. The normalized spacial score (nSPS) is 19.2. The molecule has 1 N–H and O–H groups in total. The van der Waals surface area contributed by atoms with Crippen molar-refractivity contribution in [3.63, 3.8) is 0 Å². The molecule has 1 aliphatic rings. The van der Waals surface area contributed by atoms with Crippen LogP contribution in [-0.2, 0) is 4.79 Å². The summed E-state index contributed by atoms with van der Waals surface area (Å²) >= 11 is 0. The number of anilines is 1. The second-order valence-electron chi connectivity index (χ2n) is 6.45. The zero-order valence-corrected chi connectivity index (χ0v) is 13.9. The molecular weight excluding hydrogens is 324 g/mol. The number of pyridine rings is 1. The van der Waals surface area contributed by atoms with Crippen molar-refractivity contribution in [2.24, 2.45) is 5.92 Å². The number of nitrogens with one attached hydrogen (secondary N) is 1. The Balaban J connectivity index is 1.72. The fourth-order valence-corrected chi connectivity index (χ4v) is 3.00. The number of amides is 1. The molecule has 128 valence electrons. The number of rotatable bonds is 3. The Morgan fingerprint density at radius 1 is 1.28 bits per heavy atom. The molecule has 25 heavy (non-hydrogen) atoms. The summed E-state index contributed by atoms with van der Waals surface area (Å²) in [5.74, 6) is -0.717. The Bertz CT molecular complexity index is 996. The van der Waals surface area contributed by atoms with Crippen LogP contribution in [0, 0.1) is 25.6 Å². The highest BCUT2D eigenvalue weighted by Crippen LogP contribution is 2.35. The minimum Gasteiger partial charge on any atom is -0.309 e. The molecule has 1 fully saturated rings. The molecule has 0 unspecified atom stereocenters. The number of hydrogen-bond donors (Lipinski definition) is 1. The van der Waals surface area contributed by atoms with Gasteiger partial charge in [0.2, 0.25) is 5.91 Å². The Hall–Kier alpha value is -2.76. The summed E-state index contributed by atoms with van der Waals surface area (Å²) in [6, 6.07) is 8.66. The van der Waals surface area contributed by atoms with Crippen molar-refractivity contribution in [3.05, 3.63) is 53.6 Å². The van der Waals surface area contributed by atoms with Gasteiger partial charge < -0.3 is 9.72 Å². The first-order chi connectivity index (χ1) is 12.0. The molecule has 1 amide bonds. The van der Waals surface area contributed by atoms with Crippen LogP contribution in [0.25, 0.3) is 16.8 Å². The largest absolute Gasteiger partial charge is 0.309 e. The van der Waals surface area contributed by atoms with Crippen LogP contribution in [0.1, 0.15) is 17.7 Å². The van der Waals surface area contributed by atoms with E-state index in [-0.39, 0.29) is 18.1 Å². The van der Waals surface area contributed by atoms with Crippen LogP contribution in [0.15, 0.2) is 36.5 Å². The molecule has 1 saturated carbocycles. The van der Waals surface area contributed by atoms with Crippen molar-refractivity contribution in [2.75, 3.05) is 5.32 Å². The predicted octanol–water partition coefficient (Wildman–Crippen LogP) is 4.05. The van der Waals surface area contributed by atoms with Gasteiger partial charge in [-0.3, -0.25) is 4.79 Å². The van der Waals surface area contributed by atoms with Crippen LogP contribution < -0.4 is 5.32 Å². The summed E-state index contributed by atoms with van der Waals surface area (Å²) in [5, 5.41) is 2.70. The topological polar surface area (TPSA) is 46.4 Å². The van der Waals surface area contributed by atoms with E-state index in [0.29, 0.717) is 17.0 Å². The minimum atomic E-state index is -1.04. The quantitative estimate of drug-likeness (QED) is 0.781. The van der Waals surface area contributed by atoms with E-state index in [2.05, 4.69) is 10.3 Å². The van der Waals surface area contributed by atoms with E-state index in [9.17, 15) is 13.6 Å². The van der Waals surface area contributed by atoms with E-state index >= 15 is 0 Å². The van der Waals surface area contributed by atoms with Crippen LogP contribution in [0.4, 0.5) is 14.6 Å². The summed E-state index contributed by atoms with van der Waals surface area (Å²) in [6.45, 7) is 3.57. The van der Waals surface area contributed by atoms with Crippen LogP contribution in [0.2, 0.25) is 0 Å². The van der Waals surface area contributed by atoms with Gasteiger partial charge in [-0.25, -0.2) is 13.8 Å². The number of fused-ring (bicyclic) bond motifs is 1. The van der Waals surface area contributed by atoms with E-state index in [0.717, 1.165) is 16.8 Å². The minimum absolute atomic E-state index is 0.252. The lowest BCUT2D eigenvalue weighted by Gasteiger charge is -2.08. The highest BCUT2D eigenvalue weighted by atomic mass is 19.1. The third-order valence-corrected chi connectivity index (χ3v) is 4.73. The zero-order valence-electron chi connectivity index (χ0n) is 13.9. The summed E-state index contributed by atoms with van der Waals surface area (Å²) in [6.07, 6.45) is 1.10. The molecule has 0 spiro atoms.